The molecule has 5 fully saturated rings. The van der Waals surface area contributed by atoms with Gasteiger partial charge < -0.3 is 19.5 Å². The van der Waals surface area contributed by atoms with E-state index in [-0.39, 0.29) is 17.8 Å². The predicted molar refractivity (Wildman–Crippen MR) is 128 cm³/mol. The number of hydrogen-bond donors (Lipinski definition) is 1. The van der Waals surface area contributed by atoms with Crippen molar-refractivity contribution in [2.24, 2.45) is 23.2 Å². The van der Waals surface area contributed by atoms with Gasteiger partial charge in [0.05, 0.1) is 12.5 Å². The second-order valence-electron chi connectivity index (χ2n) is 11.2. The number of carbonyl (C=O) groups is 2. The number of aliphatic hydroxyl groups is 1. The summed E-state index contributed by atoms with van der Waals surface area (Å²) >= 11 is 0. The molecule has 4 bridgehead atoms. The number of nitrogens with zero attached hydrogens (tertiary/aromatic N) is 2. The second kappa shape index (κ2) is 9.50. The first kappa shape index (κ1) is 23.6. The maximum atomic E-state index is 13.6. The van der Waals surface area contributed by atoms with E-state index in [4.69, 9.17) is 9.47 Å². The minimum absolute atomic E-state index is 0.0364. The molecule has 186 valence electrons. The Morgan fingerprint density at radius 1 is 1.03 bits per heavy atom. The van der Waals surface area contributed by atoms with Crippen LogP contribution in [0, 0.1) is 23.2 Å². The fourth-order valence-corrected chi connectivity index (χ4v) is 7.38. The second-order valence-corrected chi connectivity index (χ2v) is 11.2. The fourth-order valence-electron chi connectivity index (χ4n) is 7.38. The molecule has 4 aliphatic carbocycles. The topological polar surface area (TPSA) is 79.3 Å². The maximum Gasteiger partial charge on any atom is 0.228 e. The van der Waals surface area contributed by atoms with E-state index >= 15 is 0 Å². The first-order chi connectivity index (χ1) is 16.3. The third-order valence-corrected chi connectivity index (χ3v) is 8.62. The molecule has 1 atom stereocenters. The van der Waals surface area contributed by atoms with Crippen LogP contribution >= 0.6 is 0 Å². The Bertz CT molecular complexity index is 888. The highest BCUT2D eigenvalue weighted by molar-refractivity contribution is 5.94. The van der Waals surface area contributed by atoms with E-state index in [9.17, 15) is 14.7 Å². The number of rotatable bonds is 8. The summed E-state index contributed by atoms with van der Waals surface area (Å²) in [5.41, 5.74) is 0.493. The van der Waals surface area contributed by atoms with Gasteiger partial charge in [0, 0.05) is 38.3 Å². The molecule has 1 heterocycles. The molecule has 6 rings (SSSR count). The summed E-state index contributed by atoms with van der Waals surface area (Å²) in [6.45, 7) is 5.21. The van der Waals surface area contributed by atoms with E-state index in [0.717, 1.165) is 63.2 Å². The summed E-state index contributed by atoms with van der Waals surface area (Å²) in [5.74, 6) is 3.72. The largest absolute Gasteiger partial charge is 0.493 e. The van der Waals surface area contributed by atoms with E-state index in [2.05, 4.69) is 9.80 Å². The summed E-state index contributed by atoms with van der Waals surface area (Å²) in [6.07, 6.45) is 6.76. The van der Waals surface area contributed by atoms with Gasteiger partial charge in [0.1, 0.15) is 12.7 Å². The van der Waals surface area contributed by atoms with Crippen LogP contribution in [0.25, 0.3) is 0 Å². The van der Waals surface area contributed by atoms with Gasteiger partial charge in [0.25, 0.3) is 0 Å². The predicted octanol–water partition coefficient (Wildman–Crippen LogP) is 3.00. The SMILES string of the molecule is COc1cc(C(C)=O)ccc1OCC(O)CN1CCN(C(=O)C23CC4CC(CC(C4)C2)C3)CC1. The first-order valence-corrected chi connectivity index (χ1v) is 12.9. The van der Waals surface area contributed by atoms with Crippen LogP contribution in [-0.2, 0) is 4.79 Å². The molecule has 0 aromatic heterocycles. The van der Waals surface area contributed by atoms with Gasteiger partial charge in [-0.25, -0.2) is 0 Å². The van der Waals surface area contributed by atoms with Gasteiger partial charge in [-0.1, -0.05) is 0 Å². The van der Waals surface area contributed by atoms with Crippen LogP contribution < -0.4 is 9.47 Å². The third kappa shape index (κ3) is 4.69. The van der Waals surface area contributed by atoms with E-state index in [1.165, 1.54) is 33.3 Å². The minimum atomic E-state index is -0.650. The molecule has 1 amide bonds. The van der Waals surface area contributed by atoms with Gasteiger partial charge in [-0.2, -0.15) is 0 Å². The van der Waals surface area contributed by atoms with Crippen LogP contribution in [0.2, 0.25) is 0 Å². The van der Waals surface area contributed by atoms with Crippen molar-refractivity contribution in [3.05, 3.63) is 23.8 Å². The molecular formula is C27H38N2O5. The highest BCUT2D eigenvalue weighted by Gasteiger charge is 2.55. The highest BCUT2D eigenvalue weighted by atomic mass is 16.5. The van der Waals surface area contributed by atoms with Gasteiger partial charge in [-0.3, -0.25) is 14.5 Å². The smallest absolute Gasteiger partial charge is 0.228 e. The zero-order chi connectivity index (χ0) is 23.9. The van der Waals surface area contributed by atoms with Crippen LogP contribution in [0.5, 0.6) is 11.5 Å². The highest BCUT2D eigenvalue weighted by Crippen LogP contribution is 2.60. The number of ether oxygens (including phenoxy) is 2. The lowest BCUT2D eigenvalue weighted by atomic mass is 9.49. The average molecular weight is 471 g/mol. The number of β-amino-alcohol motifs (C(OH)–C–C–N with tert-alkyl or cyclic N) is 1. The number of aliphatic hydroxyl groups excluding tert-OH is 1. The molecule has 0 spiro atoms. The average Bonchev–Trinajstić information content (AvgIpc) is 2.81. The molecule has 34 heavy (non-hydrogen) atoms. The molecule has 1 unspecified atom stereocenters. The summed E-state index contributed by atoms with van der Waals surface area (Å²) in [6, 6.07) is 5.06. The van der Waals surface area contributed by atoms with Crippen LogP contribution in [0.3, 0.4) is 0 Å². The Hall–Kier alpha value is -2.12. The number of piperazine rings is 1. The minimum Gasteiger partial charge on any atom is -0.493 e. The number of benzene rings is 1. The zero-order valence-electron chi connectivity index (χ0n) is 20.5. The molecule has 7 nitrogen and oxygen atoms in total. The normalized spacial score (nSPS) is 31.4. The summed E-state index contributed by atoms with van der Waals surface area (Å²) in [7, 11) is 1.53. The lowest BCUT2D eigenvalue weighted by molar-refractivity contribution is -0.159. The van der Waals surface area contributed by atoms with Gasteiger partial charge in [-0.15, -0.1) is 0 Å². The standard InChI is InChI=1S/C27H38N2O5/c1-18(30)22-3-4-24(25(12-22)33-2)34-17-23(31)16-28-5-7-29(8-6-28)26(32)27-13-19-9-20(14-27)11-21(10-19)15-27/h3-4,12,19-21,23,31H,5-11,13-17H2,1-2H3. The summed E-state index contributed by atoms with van der Waals surface area (Å²) in [4.78, 5) is 29.5. The fraction of sp³-hybridized carbons (Fsp3) is 0.704. The number of amides is 1. The monoisotopic (exact) mass is 470 g/mol. The van der Waals surface area contributed by atoms with Gasteiger partial charge in [0.15, 0.2) is 17.3 Å². The number of ketones is 1. The molecular weight excluding hydrogens is 432 g/mol. The quantitative estimate of drug-likeness (QED) is 0.589. The van der Waals surface area contributed by atoms with Crippen LogP contribution in [0.4, 0.5) is 0 Å². The van der Waals surface area contributed by atoms with Gasteiger partial charge in [0.2, 0.25) is 5.91 Å². The molecule has 1 aliphatic heterocycles. The Morgan fingerprint density at radius 2 is 1.65 bits per heavy atom. The van der Waals surface area contributed by atoms with Crippen molar-refractivity contribution in [2.75, 3.05) is 46.4 Å². The maximum absolute atomic E-state index is 13.6. The number of Topliss-reactive ketones (excluding diaryl/α,β-unsaturated/α-hetero) is 1. The molecule has 0 radical (unpaired) electrons. The molecule has 1 N–H and O–H groups in total. The number of carbonyl (C=O) groups excluding carboxylic acids is 2. The number of hydrogen-bond acceptors (Lipinski definition) is 6. The Morgan fingerprint density at radius 3 is 2.21 bits per heavy atom. The Labute approximate surface area is 202 Å². The van der Waals surface area contributed by atoms with Crippen molar-refractivity contribution >= 4 is 11.7 Å². The summed E-state index contributed by atoms with van der Waals surface area (Å²) in [5, 5.41) is 10.6. The van der Waals surface area contributed by atoms with Crippen LogP contribution in [0.15, 0.2) is 18.2 Å². The van der Waals surface area contributed by atoms with Crippen molar-refractivity contribution in [2.45, 2.75) is 51.6 Å². The summed E-state index contributed by atoms with van der Waals surface area (Å²) < 4.78 is 11.1. The van der Waals surface area contributed by atoms with E-state index < -0.39 is 6.10 Å². The van der Waals surface area contributed by atoms with Gasteiger partial charge in [-0.05, 0) is 81.4 Å². The molecule has 1 aromatic carbocycles. The molecule has 1 saturated heterocycles. The van der Waals surface area contributed by atoms with Crippen molar-refractivity contribution in [1.82, 2.24) is 9.80 Å². The lowest BCUT2D eigenvalue weighted by Gasteiger charge is -2.57. The van der Waals surface area contributed by atoms with E-state index in [1.807, 2.05) is 0 Å². The number of methoxy groups -OCH3 is 1. The zero-order valence-corrected chi connectivity index (χ0v) is 20.5. The first-order valence-electron chi connectivity index (χ1n) is 12.9. The van der Waals surface area contributed by atoms with E-state index in [0.29, 0.717) is 29.5 Å². The van der Waals surface area contributed by atoms with Crippen molar-refractivity contribution in [3.63, 3.8) is 0 Å². The molecule has 7 heteroatoms. The van der Waals surface area contributed by atoms with Crippen molar-refractivity contribution < 1.29 is 24.2 Å². The van der Waals surface area contributed by atoms with Crippen molar-refractivity contribution in [3.8, 4) is 11.5 Å². The van der Waals surface area contributed by atoms with Crippen molar-refractivity contribution in [1.29, 1.82) is 0 Å². The third-order valence-electron chi connectivity index (χ3n) is 8.62. The van der Waals surface area contributed by atoms with Crippen LogP contribution in [0.1, 0.15) is 55.8 Å². The van der Waals surface area contributed by atoms with Gasteiger partial charge >= 0.3 is 0 Å². The molecule has 5 aliphatic rings. The molecule has 1 aromatic rings. The Kier molecular flexibility index (Phi) is 6.60. The van der Waals surface area contributed by atoms with Crippen LogP contribution in [-0.4, -0.2) is 79.1 Å². The molecule has 4 saturated carbocycles. The lowest BCUT2D eigenvalue weighted by Crippen LogP contribution is -2.58. The Balaban J connectivity index is 1.09. The van der Waals surface area contributed by atoms with E-state index in [1.54, 1.807) is 18.2 Å².